The van der Waals surface area contributed by atoms with E-state index >= 15 is 0 Å². The van der Waals surface area contributed by atoms with E-state index in [1.807, 2.05) is 0 Å². The summed E-state index contributed by atoms with van der Waals surface area (Å²) in [6.45, 7) is 1.50. The molecule has 1 aliphatic heterocycles. The topological polar surface area (TPSA) is 21.3 Å². The van der Waals surface area contributed by atoms with Crippen molar-refractivity contribution in [1.29, 1.82) is 0 Å². The van der Waals surface area contributed by atoms with Gasteiger partial charge in [-0.3, -0.25) is 0 Å². The van der Waals surface area contributed by atoms with Crippen LogP contribution in [0.25, 0.3) is 0 Å². The van der Waals surface area contributed by atoms with Gasteiger partial charge in [-0.15, -0.1) is 0 Å². The minimum Gasteiger partial charge on any atom is -0.381 e. The molecular weight excluding hydrogens is 236 g/mol. The normalized spacial score (nSPS) is 18.8. The Bertz CT molecular complexity index is 371. The number of halogens is 2. The molecule has 1 fully saturated rings. The van der Waals surface area contributed by atoms with Crippen LogP contribution >= 0.6 is 0 Å². The van der Waals surface area contributed by atoms with Gasteiger partial charge in [0.2, 0.25) is 0 Å². The predicted molar refractivity (Wildman–Crippen MR) is 66.3 cm³/mol. The number of benzene rings is 1. The van der Waals surface area contributed by atoms with Crippen molar-refractivity contribution in [1.82, 2.24) is 5.32 Å². The van der Waals surface area contributed by atoms with E-state index in [1.54, 1.807) is 7.05 Å². The van der Waals surface area contributed by atoms with E-state index in [9.17, 15) is 8.78 Å². The first-order chi connectivity index (χ1) is 8.72. The van der Waals surface area contributed by atoms with Gasteiger partial charge in [-0.2, -0.15) is 0 Å². The number of hydrogen-bond acceptors (Lipinski definition) is 2. The molecule has 2 rings (SSSR count). The fraction of sp³-hybridized carbons (Fsp3) is 0.571. The lowest BCUT2D eigenvalue weighted by Crippen LogP contribution is -2.25. The lowest BCUT2D eigenvalue weighted by molar-refractivity contribution is 0.0605. The summed E-state index contributed by atoms with van der Waals surface area (Å²) in [4.78, 5) is 0. The third-order valence-electron chi connectivity index (χ3n) is 3.61. The van der Waals surface area contributed by atoms with E-state index < -0.39 is 11.6 Å². The molecule has 1 heterocycles. The van der Waals surface area contributed by atoms with Gasteiger partial charge in [0, 0.05) is 24.8 Å². The van der Waals surface area contributed by atoms with Crippen molar-refractivity contribution in [3.05, 3.63) is 35.4 Å². The fourth-order valence-corrected chi connectivity index (χ4v) is 2.54. The van der Waals surface area contributed by atoms with Crippen LogP contribution in [0, 0.1) is 17.6 Å². The summed E-state index contributed by atoms with van der Waals surface area (Å²) in [6, 6.07) is 3.75. The highest BCUT2D eigenvalue weighted by Crippen LogP contribution is 2.30. The van der Waals surface area contributed by atoms with Crippen LogP contribution in [0.3, 0.4) is 0 Å². The molecule has 1 unspecified atom stereocenters. The van der Waals surface area contributed by atoms with Gasteiger partial charge in [0.05, 0.1) is 0 Å². The van der Waals surface area contributed by atoms with E-state index in [2.05, 4.69) is 5.32 Å². The molecule has 0 aliphatic carbocycles. The number of rotatable bonds is 4. The summed E-state index contributed by atoms with van der Waals surface area (Å²) < 4.78 is 32.8. The summed E-state index contributed by atoms with van der Waals surface area (Å²) in [5, 5.41) is 3.03. The molecule has 0 radical (unpaired) electrons. The van der Waals surface area contributed by atoms with Crippen molar-refractivity contribution in [2.45, 2.75) is 25.3 Å². The maximum Gasteiger partial charge on any atom is 0.130 e. The minimum absolute atomic E-state index is 0.159. The van der Waals surface area contributed by atoms with Gasteiger partial charge >= 0.3 is 0 Å². The van der Waals surface area contributed by atoms with Crippen LogP contribution in [0.2, 0.25) is 0 Å². The third kappa shape index (κ3) is 3.06. The molecule has 18 heavy (non-hydrogen) atoms. The molecule has 2 nitrogen and oxygen atoms in total. The zero-order valence-electron chi connectivity index (χ0n) is 10.6. The summed E-state index contributed by atoms with van der Waals surface area (Å²) in [6.07, 6.45) is 2.68. The van der Waals surface area contributed by atoms with Crippen LogP contribution in [0.5, 0.6) is 0 Å². The first-order valence-corrected chi connectivity index (χ1v) is 6.41. The minimum atomic E-state index is -0.471. The average Bonchev–Trinajstić information content (AvgIpc) is 2.38. The van der Waals surface area contributed by atoms with E-state index in [1.165, 1.54) is 18.2 Å². The fourth-order valence-electron chi connectivity index (χ4n) is 2.54. The molecule has 4 heteroatoms. The maximum atomic E-state index is 13.7. The summed E-state index contributed by atoms with van der Waals surface area (Å²) >= 11 is 0. The van der Waals surface area contributed by atoms with Gasteiger partial charge in [0.25, 0.3) is 0 Å². The van der Waals surface area contributed by atoms with Gasteiger partial charge in [-0.25, -0.2) is 8.78 Å². The molecule has 1 atom stereocenters. The van der Waals surface area contributed by atoms with Gasteiger partial charge in [0.1, 0.15) is 11.6 Å². The van der Waals surface area contributed by atoms with Crippen molar-refractivity contribution < 1.29 is 13.5 Å². The first-order valence-electron chi connectivity index (χ1n) is 6.41. The third-order valence-corrected chi connectivity index (χ3v) is 3.61. The molecule has 1 aromatic rings. The monoisotopic (exact) mass is 255 g/mol. The van der Waals surface area contributed by atoms with Crippen LogP contribution < -0.4 is 5.32 Å². The van der Waals surface area contributed by atoms with Crippen molar-refractivity contribution in [3.63, 3.8) is 0 Å². The predicted octanol–water partition coefficient (Wildman–Crippen LogP) is 3.04. The molecule has 1 aliphatic rings. The Labute approximate surface area is 106 Å². The Balaban J connectivity index is 2.12. The number of hydrogen-bond donors (Lipinski definition) is 1. The maximum absolute atomic E-state index is 13.7. The SMILES string of the molecule is CNC(CC1CCOCC1)c1c(F)cccc1F. The second-order valence-electron chi connectivity index (χ2n) is 4.77. The van der Waals surface area contributed by atoms with Gasteiger partial charge in [-0.1, -0.05) is 6.07 Å². The van der Waals surface area contributed by atoms with Crippen molar-refractivity contribution in [2.75, 3.05) is 20.3 Å². The number of nitrogens with one attached hydrogen (secondary N) is 1. The largest absolute Gasteiger partial charge is 0.381 e. The highest BCUT2D eigenvalue weighted by Gasteiger charge is 2.23. The Hall–Kier alpha value is -1.00. The zero-order valence-corrected chi connectivity index (χ0v) is 10.6. The summed E-state index contributed by atoms with van der Waals surface area (Å²) in [7, 11) is 1.75. The molecule has 0 bridgehead atoms. The highest BCUT2D eigenvalue weighted by atomic mass is 19.1. The standard InChI is InChI=1S/C14H19F2NO/c1-17-13(9-10-5-7-18-8-6-10)14-11(15)3-2-4-12(14)16/h2-4,10,13,17H,5-9H2,1H3. The lowest BCUT2D eigenvalue weighted by Gasteiger charge is -2.27. The van der Waals surface area contributed by atoms with Crippen LogP contribution in [-0.2, 0) is 4.74 Å². The molecular formula is C14H19F2NO. The van der Waals surface area contributed by atoms with Crippen LogP contribution in [0.15, 0.2) is 18.2 Å². The summed E-state index contributed by atoms with van der Waals surface area (Å²) in [5.74, 6) is -0.474. The first kappa shape index (κ1) is 13.4. The molecule has 1 aromatic carbocycles. The molecule has 100 valence electrons. The van der Waals surface area contributed by atoms with Crippen LogP contribution in [0.1, 0.15) is 30.9 Å². The van der Waals surface area contributed by atoms with Crippen LogP contribution in [-0.4, -0.2) is 20.3 Å². The Morgan fingerprint density at radius 2 is 1.89 bits per heavy atom. The summed E-state index contributed by atoms with van der Waals surface area (Å²) in [5.41, 5.74) is 0.159. The van der Waals surface area contributed by atoms with E-state index in [-0.39, 0.29) is 11.6 Å². The Kier molecular flexibility index (Phi) is 4.66. The van der Waals surface area contributed by atoms with Gasteiger partial charge in [-0.05, 0) is 44.4 Å². The van der Waals surface area contributed by atoms with E-state index in [4.69, 9.17) is 4.74 Å². The Morgan fingerprint density at radius 3 is 2.44 bits per heavy atom. The van der Waals surface area contributed by atoms with E-state index in [0.717, 1.165) is 32.5 Å². The van der Waals surface area contributed by atoms with Gasteiger partial charge < -0.3 is 10.1 Å². The zero-order chi connectivity index (χ0) is 13.0. The molecule has 0 spiro atoms. The quantitative estimate of drug-likeness (QED) is 0.893. The smallest absolute Gasteiger partial charge is 0.130 e. The van der Waals surface area contributed by atoms with Gasteiger partial charge in [0.15, 0.2) is 0 Å². The van der Waals surface area contributed by atoms with Crippen molar-refractivity contribution in [2.24, 2.45) is 5.92 Å². The molecule has 1 saturated heterocycles. The highest BCUT2D eigenvalue weighted by molar-refractivity contribution is 5.23. The van der Waals surface area contributed by atoms with E-state index in [0.29, 0.717) is 5.92 Å². The second-order valence-corrected chi connectivity index (χ2v) is 4.77. The second kappa shape index (κ2) is 6.25. The molecule has 1 N–H and O–H groups in total. The number of ether oxygens (including phenoxy) is 1. The lowest BCUT2D eigenvalue weighted by atomic mass is 9.89. The average molecular weight is 255 g/mol. The Morgan fingerprint density at radius 1 is 1.28 bits per heavy atom. The van der Waals surface area contributed by atoms with Crippen molar-refractivity contribution in [3.8, 4) is 0 Å². The molecule has 0 saturated carbocycles. The molecule has 0 aromatic heterocycles. The van der Waals surface area contributed by atoms with Crippen molar-refractivity contribution >= 4 is 0 Å². The molecule has 0 amide bonds. The van der Waals surface area contributed by atoms with Crippen LogP contribution in [0.4, 0.5) is 8.78 Å².